The molecule has 0 aliphatic carbocycles. The summed E-state index contributed by atoms with van der Waals surface area (Å²) in [6.07, 6.45) is 0.417. The first kappa shape index (κ1) is 28.1. The molecule has 1 aromatic carbocycles. The van der Waals surface area contributed by atoms with Gasteiger partial charge in [-0.3, -0.25) is 19.2 Å². The molecule has 0 bridgehead atoms. The molecule has 1 rings (SSSR count). The number of esters is 3. The number of benzene rings is 1. The summed E-state index contributed by atoms with van der Waals surface area (Å²) in [4.78, 5) is 47.5. The van der Waals surface area contributed by atoms with Gasteiger partial charge in [-0.1, -0.05) is 47.6 Å². The number of ether oxygens (including phenoxy) is 3. The van der Waals surface area contributed by atoms with E-state index in [9.17, 15) is 24.3 Å². The summed E-state index contributed by atoms with van der Waals surface area (Å²) < 4.78 is 15.9. The minimum absolute atomic E-state index is 0.0133. The fraction of sp³-hybridized carbons (Fsp3) is 0.583. The van der Waals surface area contributed by atoms with Gasteiger partial charge in [0.1, 0.15) is 6.04 Å². The summed E-state index contributed by atoms with van der Waals surface area (Å²) in [5, 5.41) is 9.56. The molecule has 0 radical (unpaired) electrons. The van der Waals surface area contributed by atoms with Crippen LogP contribution >= 0.6 is 0 Å². The van der Waals surface area contributed by atoms with E-state index in [2.05, 4.69) is 0 Å². The number of carboxylic acid groups (broad SMARTS) is 1. The molecule has 0 aliphatic heterocycles. The molecule has 0 heterocycles. The molecule has 3 atom stereocenters. The van der Waals surface area contributed by atoms with E-state index in [1.165, 1.54) is 12.1 Å². The monoisotopic (exact) mass is 465 g/mol. The molecule has 0 spiro atoms. The molecule has 3 N–H and O–H groups in total. The molecule has 184 valence electrons. The third-order valence-electron chi connectivity index (χ3n) is 4.84. The van der Waals surface area contributed by atoms with Crippen LogP contribution in [0.25, 0.3) is 0 Å². The third kappa shape index (κ3) is 9.21. The van der Waals surface area contributed by atoms with Crippen LogP contribution in [-0.4, -0.2) is 41.6 Å². The predicted molar refractivity (Wildman–Crippen MR) is 121 cm³/mol. The van der Waals surface area contributed by atoms with Crippen LogP contribution in [0.1, 0.15) is 72.3 Å². The average molecular weight is 466 g/mol. The maximum absolute atomic E-state index is 12.1. The molecular formula is C24H35NO8. The van der Waals surface area contributed by atoms with Gasteiger partial charge in [-0.2, -0.15) is 0 Å². The first-order valence-corrected chi connectivity index (χ1v) is 11.0. The zero-order chi connectivity index (χ0) is 25.3. The number of carbonyl (C=O) groups excluding carboxylic acids is 3. The highest BCUT2D eigenvalue weighted by molar-refractivity contribution is 5.77. The Morgan fingerprint density at radius 3 is 2.00 bits per heavy atom. The van der Waals surface area contributed by atoms with E-state index in [-0.39, 0.29) is 42.8 Å². The first-order valence-electron chi connectivity index (χ1n) is 11.0. The molecule has 2 unspecified atom stereocenters. The highest BCUT2D eigenvalue weighted by Gasteiger charge is 2.33. The van der Waals surface area contributed by atoms with Crippen LogP contribution in [0.15, 0.2) is 18.2 Å². The van der Waals surface area contributed by atoms with Crippen LogP contribution in [0.2, 0.25) is 0 Å². The molecule has 9 heteroatoms. The normalized spacial score (nSPS) is 14.0. The fourth-order valence-corrected chi connectivity index (χ4v) is 3.14. The van der Waals surface area contributed by atoms with Gasteiger partial charge in [0.25, 0.3) is 0 Å². The lowest BCUT2D eigenvalue weighted by atomic mass is 9.82. The van der Waals surface area contributed by atoms with Gasteiger partial charge in [0.15, 0.2) is 11.5 Å². The van der Waals surface area contributed by atoms with Gasteiger partial charge in [-0.15, -0.1) is 0 Å². The van der Waals surface area contributed by atoms with Gasteiger partial charge in [-0.05, 0) is 29.0 Å². The number of rotatable bonds is 11. The van der Waals surface area contributed by atoms with E-state index >= 15 is 0 Å². The van der Waals surface area contributed by atoms with Crippen molar-refractivity contribution in [1.82, 2.24) is 0 Å². The van der Waals surface area contributed by atoms with Gasteiger partial charge in [-0.25, -0.2) is 0 Å². The fourth-order valence-electron chi connectivity index (χ4n) is 3.14. The van der Waals surface area contributed by atoms with E-state index in [0.717, 1.165) is 0 Å². The standard InChI is InChI=1S/C24H35NO8/c1-7-18(26)32-16-10-9-15(11-17(16)33-19(27)8-2)21(22(25)23(29)30)14(3)13-31-20(28)12-24(4,5)6/h9-11,14,21-22H,7-8,12-13,25H2,1-6H3,(H,29,30)/t14?,21?,22-/m0/s1. The summed E-state index contributed by atoms with van der Waals surface area (Å²) >= 11 is 0. The number of carboxylic acids is 1. The summed E-state index contributed by atoms with van der Waals surface area (Å²) in [6, 6.07) is 3.11. The van der Waals surface area contributed by atoms with Crippen molar-refractivity contribution in [2.45, 2.75) is 72.8 Å². The maximum Gasteiger partial charge on any atom is 0.321 e. The van der Waals surface area contributed by atoms with Crippen LogP contribution in [0.4, 0.5) is 0 Å². The molecular weight excluding hydrogens is 430 g/mol. The van der Waals surface area contributed by atoms with Crippen LogP contribution in [0, 0.1) is 11.3 Å². The van der Waals surface area contributed by atoms with Gasteiger partial charge in [0.2, 0.25) is 0 Å². The lowest BCUT2D eigenvalue weighted by Crippen LogP contribution is -2.40. The number of aliphatic carboxylic acids is 1. The predicted octanol–water partition coefficient (Wildman–Crippen LogP) is 3.43. The van der Waals surface area contributed by atoms with Crippen LogP contribution < -0.4 is 15.2 Å². The number of carbonyl (C=O) groups is 4. The zero-order valence-corrected chi connectivity index (χ0v) is 20.2. The average Bonchev–Trinajstić information content (AvgIpc) is 2.72. The second kappa shape index (κ2) is 12.3. The second-order valence-corrected chi connectivity index (χ2v) is 9.15. The number of nitrogens with two attached hydrogens (primary N) is 1. The summed E-state index contributed by atoms with van der Waals surface area (Å²) in [5.74, 6) is -3.92. The Morgan fingerprint density at radius 1 is 0.970 bits per heavy atom. The van der Waals surface area contributed by atoms with Gasteiger partial charge in [0, 0.05) is 18.8 Å². The van der Waals surface area contributed by atoms with E-state index in [0.29, 0.717) is 5.56 Å². The summed E-state index contributed by atoms with van der Waals surface area (Å²) in [7, 11) is 0. The van der Waals surface area contributed by atoms with Crippen LogP contribution in [-0.2, 0) is 23.9 Å². The van der Waals surface area contributed by atoms with E-state index in [4.69, 9.17) is 19.9 Å². The molecule has 33 heavy (non-hydrogen) atoms. The number of hydrogen-bond acceptors (Lipinski definition) is 8. The van der Waals surface area contributed by atoms with Crippen molar-refractivity contribution in [3.63, 3.8) is 0 Å². The summed E-state index contributed by atoms with van der Waals surface area (Å²) in [6.45, 7) is 10.6. The van der Waals surface area contributed by atoms with Crippen molar-refractivity contribution in [3.05, 3.63) is 23.8 Å². The molecule has 0 saturated heterocycles. The van der Waals surface area contributed by atoms with Crippen molar-refractivity contribution >= 4 is 23.9 Å². The summed E-state index contributed by atoms with van der Waals surface area (Å²) in [5.41, 5.74) is 6.18. The zero-order valence-electron chi connectivity index (χ0n) is 20.2. The van der Waals surface area contributed by atoms with E-state index < -0.39 is 41.8 Å². The lowest BCUT2D eigenvalue weighted by Gasteiger charge is -2.28. The Hall–Kier alpha value is -2.94. The Morgan fingerprint density at radius 2 is 1.52 bits per heavy atom. The second-order valence-electron chi connectivity index (χ2n) is 9.15. The van der Waals surface area contributed by atoms with Gasteiger partial charge in [0.05, 0.1) is 13.0 Å². The van der Waals surface area contributed by atoms with Crippen molar-refractivity contribution in [2.75, 3.05) is 6.61 Å². The maximum atomic E-state index is 12.1. The van der Waals surface area contributed by atoms with Crippen LogP contribution in [0.3, 0.4) is 0 Å². The Labute approximate surface area is 194 Å². The third-order valence-corrected chi connectivity index (χ3v) is 4.84. The van der Waals surface area contributed by atoms with Crippen molar-refractivity contribution < 1.29 is 38.5 Å². The molecule has 9 nitrogen and oxygen atoms in total. The Kier molecular flexibility index (Phi) is 10.5. The van der Waals surface area contributed by atoms with Crippen LogP contribution in [0.5, 0.6) is 11.5 Å². The van der Waals surface area contributed by atoms with Crippen molar-refractivity contribution in [2.24, 2.45) is 17.1 Å². The molecule has 0 aromatic heterocycles. The van der Waals surface area contributed by atoms with E-state index in [1.54, 1.807) is 26.8 Å². The highest BCUT2D eigenvalue weighted by atomic mass is 16.6. The quantitative estimate of drug-likeness (QED) is 0.371. The largest absolute Gasteiger partial charge is 0.480 e. The molecule has 0 fully saturated rings. The lowest BCUT2D eigenvalue weighted by molar-refractivity contribution is -0.147. The topological polar surface area (TPSA) is 142 Å². The number of hydrogen-bond donors (Lipinski definition) is 2. The van der Waals surface area contributed by atoms with Gasteiger partial charge >= 0.3 is 23.9 Å². The highest BCUT2D eigenvalue weighted by Crippen LogP contribution is 2.36. The molecule has 0 saturated carbocycles. The molecule has 0 aliphatic rings. The van der Waals surface area contributed by atoms with Crippen molar-refractivity contribution in [3.8, 4) is 11.5 Å². The minimum Gasteiger partial charge on any atom is -0.480 e. The Balaban J connectivity index is 3.27. The smallest absolute Gasteiger partial charge is 0.321 e. The SMILES string of the molecule is CCC(=O)Oc1ccc(C(C(C)COC(=O)CC(C)(C)C)[C@H](N)C(=O)O)cc1OC(=O)CC. The van der Waals surface area contributed by atoms with Crippen molar-refractivity contribution in [1.29, 1.82) is 0 Å². The molecule has 0 amide bonds. The van der Waals surface area contributed by atoms with E-state index in [1.807, 2.05) is 20.8 Å². The van der Waals surface area contributed by atoms with Gasteiger partial charge < -0.3 is 25.1 Å². The minimum atomic E-state index is -1.32. The first-order chi connectivity index (χ1) is 15.3. The molecule has 1 aromatic rings. The Bertz CT molecular complexity index is 859.